The molecular formula is C17H13ClN2O4. The van der Waals surface area contributed by atoms with Crippen molar-refractivity contribution < 1.29 is 19.1 Å². The lowest BCUT2D eigenvalue weighted by atomic mass is 10.1. The topological polar surface area (TPSA) is 85.5 Å². The molecule has 1 heterocycles. The number of esters is 1. The molecule has 2 aromatic carbocycles. The Morgan fingerprint density at radius 1 is 1.21 bits per heavy atom. The minimum absolute atomic E-state index is 0.0902. The van der Waals surface area contributed by atoms with E-state index in [1.165, 1.54) is 6.07 Å². The molecule has 3 aromatic rings. The predicted octanol–water partition coefficient (Wildman–Crippen LogP) is 3.76. The average Bonchev–Trinajstić information content (AvgIpc) is 3.04. The van der Waals surface area contributed by atoms with Crippen LogP contribution < -0.4 is 0 Å². The standard InChI is InChI=1S/C17H13ClN2O4/c1-10-2-7-14(21)13(8-10)17(22)23-9-15-19-20-16(24-15)11-3-5-12(18)6-4-11/h2-8,21H,9H2,1H3. The summed E-state index contributed by atoms with van der Waals surface area (Å²) in [6, 6.07) is 11.6. The molecule has 1 N–H and O–H groups in total. The van der Waals surface area contributed by atoms with Gasteiger partial charge in [-0.15, -0.1) is 10.2 Å². The van der Waals surface area contributed by atoms with Crippen molar-refractivity contribution >= 4 is 17.6 Å². The van der Waals surface area contributed by atoms with Crippen LogP contribution in [0, 0.1) is 6.92 Å². The summed E-state index contributed by atoms with van der Waals surface area (Å²) in [6.45, 7) is 1.62. The lowest BCUT2D eigenvalue weighted by molar-refractivity contribution is 0.0435. The summed E-state index contributed by atoms with van der Waals surface area (Å²) in [7, 11) is 0. The first-order valence-electron chi connectivity index (χ1n) is 7.08. The van der Waals surface area contributed by atoms with Crippen molar-refractivity contribution in [3.05, 3.63) is 64.5 Å². The molecule has 0 saturated heterocycles. The second kappa shape index (κ2) is 6.72. The van der Waals surface area contributed by atoms with Crippen LogP contribution in [0.1, 0.15) is 21.8 Å². The summed E-state index contributed by atoms with van der Waals surface area (Å²) >= 11 is 5.83. The second-order valence-corrected chi connectivity index (χ2v) is 5.54. The Balaban J connectivity index is 1.68. The van der Waals surface area contributed by atoms with E-state index in [4.69, 9.17) is 20.8 Å². The number of halogens is 1. The molecule has 7 heteroatoms. The Hall–Kier alpha value is -2.86. The maximum atomic E-state index is 12.0. The highest BCUT2D eigenvalue weighted by molar-refractivity contribution is 6.30. The van der Waals surface area contributed by atoms with E-state index >= 15 is 0 Å². The molecule has 0 saturated carbocycles. The van der Waals surface area contributed by atoms with Gasteiger partial charge < -0.3 is 14.3 Å². The number of phenols is 1. The van der Waals surface area contributed by atoms with Crippen molar-refractivity contribution in [3.63, 3.8) is 0 Å². The molecule has 0 atom stereocenters. The third kappa shape index (κ3) is 3.55. The Labute approximate surface area is 142 Å². The van der Waals surface area contributed by atoms with E-state index in [0.717, 1.165) is 5.56 Å². The van der Waals surface area contributed by atoms with Gasteiger partial charge in [0, 0.05) is 10.6 Å². The van der Waals surface area contributed by atoms with Gasteiger partial charge in [-0.1, -0.05) is 23.2 Å². The summed E-state index contributed by atoms with van der Waals surface area (Å²) in [6.07, 6.45) is 0. The third-order valence-electron chi connectivity index (χ3n) is 3.26. The predicted molar refractivity (Wildman–Crippen MR) is 86.7 cm³/mol. The van der Waals surface area contributed by atoms with Crippen molar-refractivity contribution in [2.24, 2.45) is 0 Å². The van der Waals surface area contributed by atoms with Crippen LogP contribution >= 0.6 is 11.6 Å². The van der Waals surface area contributed by atoms with Gasteiger partial charge in [-0.2, -0.15) is 0 Å². The molecule has 0 amide bonds. The summed E-state index contributed by atoms with van der Waals surface area (Å²) in [5, 5.41) is 18.0. The van der Waals surface area contributed by atoms with Crippen LogP contribution in [0.3, 0.4) is 0 Å². The van der Waals surface area contributed by atoms with Crippen molar-refractivity contribution in [1.29, 1.82) is 0 Å². The number of aryl methyl sites for hydroxylation is 1. The highest BCUT2D eigenvalue weighted by Gasteiger charge is 2.15. The first-order valence-corrected chi connectivity index (χ1v) is 7.46. The quantitative estimate of drug-likeness (QED) is 0.725. The second-order valence-electron chi connectivity index (χ2n) is 5.10. The van der Waals surface area contributed by atoms with Crippen LogP contribution in [0.15, 0.2) is 46.9 Å². The number of hydrogen-bond acceptors (Lipinski definition) is 6. The SMILES string of the molecule is Cc1ccc(O)c(C(=O)OCc2nnc(-c3ccc(Cl)cc3)o2)c1. The third-order valence-corrected chi connectivity index (χ3v) is 3.51. The molecule has 0 fully saturated rings. The van der Waals surface area contributed by atoms with Gasteiger partial charge in [0.15, 0.2) is 6.61 Å². The number of ether oxygens (including phenoxy) is 1. The van der Waals surface area contributed by atoms with Gasteiger partial charge in [-0.05, 0) is 43.3 Å². The van der Waals surface area contributed by atoms with E-state index in [1.54, 1.807) is 36.4 Å². The number of hydrogen-bond donors (Lipinski definition) is 1. The molecule has 0 aliphatic heterocycles. The molecule has 0 spiro atoms. The number of aromatic hydroxyl groups is 1. The van der Waals surface area contributed by atoms with Gasteiger partial charge in [0.05, 0.1) is 0 Å². The molecule has 3 rings (SSSR count). The largest absolute Gasteiger partial charge is 0.507 e. The minimum atomic E-state index is -0.664. The fourth-order valence-corrected chi connectivity index (χ4v) is 2.17. The van der Waals surface area contributed by atoms with Crippen molar-refractivity contribution in [1.82, 2.24) is 10.2 Å². The fraction of sp³-hybridized carbons (Fsp3) is 0.118. The van der Waals surface area contributed by atoms with E-state index in [1.807, 2.05) is 6.92 Å². The number of benzene rings is 2. The van der Waals surface area contributed by atoms with E-state index in [2.05, 4.69) is 10.2 Å². The van der Waals surface area contributed by atoms with Crippen molar-refractivity contribution in [2.45, 2.75) is 13.5 Å². The Bertz CT molecular complexity index is 875. The van der Waals surface area contributed by atoms with Crippen molar-refractivity contribution in [2.75, 3.05) is 0 Å². The molecule has 6 nitrogen and oxygen atoms in total. The summed E-state index contributed by atoms with van der Waals surface area (Å²) in [5.74, 6) is -0.350. The highest BCUT2D eigenvalue weighted by atomic mass is 35.5. The van der Waals surface area contributed by atoms with Crippen LogP contribution in [0.4, 0.5) is 0 Å². The number of phenolic OH excluding ortho intramolecular Hbond substituents is 1. The summed E-state index contributed by atoms with van der Waals surface area (Å²) in [5.41, 5.74) is 1.64. The van der Waals surface area contributed by atoms with Gasteiger partial charge in [0.1, 0.15) is 11.3 Å². The average molecular weight is 345 g/mol. The van der Waals surface area contributed by atoms with E-state index < -0.39 is 5.97 Å². The lowest BCUT2D eigenvalue weighted by Crippen LogP contribution is -2.06. The van der Waals surface area contributed by atoms with Crippen LogP contribution in [-0.2, 0) is 11.3 Å². The van der Waals surface area contributed by atoms with Gasteiger partial charge in [-0.25, -0.2) is 4.79 Å². The van der Waals surface area contributed by atoms with Crippen LogP contribution in [0.2, 0.25) is 5.02 Å². The normalized spacial score (nSPS) is 10.6. The molecule has 0 aliphatic rings. The Morgan fingerprint density at radius 3 is 2.71 bits per heavy atom. The summed E-state index contributed by atoms with van der Waals surface area (Å²) < 4.78 is 10.5. The molecule has 0 unspecified atom stereocenters. The minimum Gasteiger partial charge on any atom is -0.507 e. The molecular weight excluding hydrogens is 332 g/mol. The van der Waals surface area contributed by atoms with E-state index in [0.29, 0.717) is 16.5 Å². The van der Waals surface area contributed by atoms with Gasteiger partial charge in [-0.3, -0.25) is 0 Å². The molecule has 122 valence electrons. The molecule has 0 bridgehead atoms. The van der Waals surface area contributed by atoms with Crippen molar-refractivity contribution in [3.8, 4) is 17.2 Å². The van der Waals surface area contributed by atoms with Crippen LogP contribution in [0.25, 0.3) is 11.5 Å². The zero-order valence-corrected chi connectivity index (χ0v) is 13.4. The maximum Gasteiger partial charge on any atom is 0.342 e. The maximum absolute atomic E-state index is 12.0. The first kappa shape index (κ1) is 16.0. The van der Waals surface area contributed by atoms with E-state index in [9.17, 15) is 9.90 Å². The Kier molecular flexibility index (Phi) is 4.48. The number of aromatic nitrogens is 2. The number of nitrogens with zero attached hydrogens (tertiary/aromatic N) is 2. The van der Waals surface area contributed by atoms with Gasteiger partial charge in [0.25, 0.3) is 5.89 Å². The molecule has 24 heavy (non-hydrogen) atoms. The smallest absolute Gasteiger partial charge is 0.342 e. The zero-order valence-electron chi connectivity index (χ0n) is 12.7. The molecule has 0 radical (unpaired) electrons. The Morgan fingerprint density at radius 2 is 1.96 bits per heavy atom. The summed E-state index contributed by atoms with van der Waals surface area (Å²) in [4.78, 5) is 12.0. The lowest BCUT2D eigenvalue weighted by Gasteiger charge is -2.05. The highest BCUT2D eigenvalue weighted by Crippen LogP contribution is 2.22. The monoisotopic (exact) mass is 344 g/mol. The van der Waals surface area contributed by atoms with Gasteiger partial charge >= 0.3 is 5.97 Å². The zero-order chi connectivity index (χ0) is 17.1. The molecule has 1 aromatic heterocycles. The number of carbonyl (C=O) groups excluding carboxylic acids is 1. The van der Waals surface area contributed by atoms with Crippen LogP contribution in [0.5, 0.6) is 5.75 Å². The number of rotatable bonds is 4. The van der Waals surface area contributed by atoms with E-state index in [-0.39, 0.29) is 23.8 Å². The van der Waals surface area contributed by atoms with Crippen LogP contribution in [-0.4, -0.2) is 21.3 Å². The fourth-order valence-electron chi connectivity index (χ4n) is 2.04. The molecule has 0 aliphatic carbocycles. The van der Waals surface area contributed by atoms with Gasteiger partial charge in [0.2, 0.25) is 5.89 Å². The first-order chi connectivity index (χ1) is 11.5. The number of carbonyl (C=O) groups is 1.